The zero-order valence-corrected chi connectivity index (χ0v) is 12.2. The molecule has 0 aliphatic heterocycles. The molecule has 2 N–H and O–H groups in total. The Hall–Kier alpha value is -1.95. The number of hydrogen-bond donors (Lipinski definition) is 2. The first kappa shape index (κ1) is 16.1. The topological polar surface area (TPSA) is 68.8 Å². The van der Waals surface area contributed by atoms with Gasteiger partial charge in [0.05, 0.1) is 19.8 Å². The SMILES string of the molecule is CCOc1ccc(NC(=O)NCCOC)cc1OCC. The number of carbonyl (C=O) groups is 1. The molecule has 1 aromatic carbocycles. The fourth-order valence-electron chi connectivity index (χ4n) is 1.57. The third-order valence-electron chi connectivity index (χ3n) is 2.39. The van der Waals surface area contributed by atoms with Gasteiger partial charge in [-0.3, -0.25) is 0 Å². The second-order valence-corrected chi connectivity index (χ2v) is 3.90. The van der Waals surface area contributed by atoms with Crippen molar-refractivity contribution in [2.75, 3.05) is 38.8 Å². The van der Waals surface area contributed by atoms with E-state index >= 15 is 0 Å². The zero-order chi connectivity index (χ0) is 14.8. The highest BCUT2D eigenvalue weighted by molar-refractivity contribution is 5.89. The van der Waals surface area contributed by atoms with Gasteiger partial charge in [-0.25, -0.2) is 4.79 Å². The van der Waals surface area contributed by atoms with E-state index in [0.717, 1.165) is 0 Å². The van der Waals surface area contributed by atoms with Crippen molar-refractivity contribution in [1.82, 2.24) is 5.32 Å². The summed E-state index contributed by atoms with van der Waals surface area (Å²) in [6.07, 6.45) is 0. The Balaban J connectivity index is 2.66. The first-order valence-corrected chi connectivity index (χ1v) is 6.64. The second-order valence-electron chi connectivity index (χ2n) is 3.90. The molecule has 0 heterocycles. The molecule has 1 rings (SSSR count). The maximum Gasteiger partial charge on any atom is 0.319 e. The molecule has 0 spiro atoms. The lowest BCUT2D eigenvalue weighted by atomic mass is 10.2. The minimum atomic E-state index is -0.284. The Morgan fingerprint density at radius 2 is 1.85 bits per heavy atom. The van der Waals surface area contributed by atoms with Crippen LogP contribution in [0.4, 0.5) is 10.5 Å². The standard InChI is InChI=1S/C14H22N2O4/c1-4-19-12-7-6-11(10-13(12)20-5-2)16-14(17)15-8-9-18-3/h6-7,10H,4-5,8-9H2,1-3H3,(H2,15,16,17). The van der Waals surface area contributed by atoms with E-state index in [0.29, 0.717) is 43.6 Å². The molecule has 0 unspecified atom stereocenters. The minimum absolute atomic E-state index is 0.284. The Kier molecular flexibility index (Phi) is 7.27. The lowest BCUT2D eigenvalue weighted by molar-refractivity contribution is 0.198. The van der Waals surface area contributed by atoms with Crippen LogP contribution in [0.2, 0.25) is 0 Å². The number of hydrogen-bond acceptors (Lipinski definition) is 4. The van der Waals surface area contributed by atoms with Crippen LogP contribution in [-0.4, -0.2) is 39.5 Å². The molecular formula is C14H22N2O4. The Morgan fingerprint density at radius 1 is 1.15 bits per heavy atom. The molecule has 0 atom stereocenters. The number of methoxy groups -OCH3 is 1. The summed E-state index contributed by atoms with van der Waals surface area (Å²) < 4.78 is 15.8. The molecule has 0 aliphatic rings. The van der Waals surface area contributed by atoms with Gasteiger partial charge in [0.15, 0.2) is 11.5 Å². The van der Waals surface area contributed by atoms with Crippen LogP contribution in [0.5, 0.6) is 11.5 Å². The molecule has 0 radical (unpaired) electrons. The van der Waals surface area contributed by atoms with Gasteiger partial charge in [-0.15, -0.1) is 0 Å². The predicted molar refractivity (Wildman–Crippen MR) is 77.7 cm³/mol. The number of rotatable bonds is 8. The molecule has 0 bridgehead atoms. The van der Waals surface area contributed by atoms with Gasteiger partial charge in [0.1, 0.15) is 0 Å². The van der Waals surface area contributed by atoms with Gasteiger partial charge in [0.25, 0.3) is 0 Å². The Bertz CT molecular complexity index is 424. The molecule has 112 valence electrons. The summed E-state index contributed by atoms with van der Waals surface area (Å²) in [4.78, 5) is 11.6. The lowest BCUT2D eigenvalue weighted by Gasteiger charge is -2.13. The molecule has 6 nitrogen and oxygen atoms in total. The first-order chi connectivity index (χ1) is 9.71. The molecule has 0 aliphatic carbocycles. The van der Waals surface area contributed by atoms with Crippen molar-refractivity contribution in [2.45, 2.75) is 13.8 Å². The molecule has 20 heavy (non-hydrogen) atoms. The average molecular weight is 282 g/mol. The number of anilines is 1. The van der Waals surface area contributed by atoms with Gasteiger partial charge in [-0.2, -0.15) is 0 Å². The summed E-state index contributed by atoms with van der Waals surface area (Å²) in [5.74, 6) is 1.28. The fourth-order valence-corrected chi connectivity index (χ4v) is 1.57. The van der Waals surface area contributed by atoms with Crippen molar-refractivity contribution in [2.24, 2.45) is 0 Å². The van der Waals surface area contributed by atoms with Crippen LogP contribution in [0.1, 0.15) is 13.8 Å². The van der Waals surface area contributed by atoms with E-state index in [4.69, 9.17) is 14.2 Å². The van der Waals surface area contributed by atoms with E-state index in [2.05, 4.69) is 10.6 Å². The summed E-state index contributed by atoms with van der Waals surface area (Å²) >= 11 is 0. The molecular weight excluding hydrogens is 260 g/mol. The molecule has 2 amide bonds. The number of nitrogens with one attached hydrogen (secondary N) is 2. The smallest absolute Gasteiger partial charge is 0.319 e. The van der Waals surface area contributed by atoms with Crippen LogP contribution in [0, 0.1) is 0 Å². The quantitative estimate of drug-likeness (QED) is 0.718. The number of benzene rings is 1. The maximum atomic E-state index is 11.6. The normalized spacial score (nSPS) is 9.95. The maximum absolute atomic E-state index is 11.6. The monoisotopic (exact) mass is 282 g/mol. The Morgan fingerprint density at radius 3 is 2.50 bits per heavy atom. The van der Waals surface area contributed by atoms with Crippen LogP contribution in [-0.2, 0) is 4.74 Å². The van der Waals surface area contributed by atoms with Gasteiger partial charge in [-0.05, 0) is 26.0 Å². The average Bonchev–Trinajstić information content (AvgIpc) is 2.42. The van der Waals surface area contributed by atoms with Gasteiger partial charge in [0.2, 0.25) is 0 Å². The Labute approximate surface area is 119 Å². The van der Waals surface area contributed by atoms with Crippen molar-refractivity contribution < 1.29 is 19.0 Å². The van der Waals surface area contributed by atoms with Crippen LogP contribution < -0.4 is 20.1 Å². The van der Waals surface area contributed by atoms with Crippen LogP contribution in [0.25, 0.3) is 0 Å². The van der Waals surface area contributed by atoms with E-state index in [1.807, 2.05) is 13.8 Å². The van der Waals surface area contributed by atoms with Crippen LogP contribution in [0.3, 0.4) is 0 Å². The van der Waals surface area contributed by atoms with Crippen molar-refractivity contribution in [3.63, 3.8) is 0 Å². The van der Waals surface area contributed by atoms with Gasteiger partial charge >= 0.3 is 6.03 Å². The third-order valence-corrected chi connectivity index (χ3v) is 2.39. The summed E-state index contributed by atoms with van der Waals surface area (Å²) in [6.45, 7) is 5.82. The number of amides is 2. The molecule has 0 fully saturated rings. The summed E-state index contributed by atoms with van der Waals surface area (Å²) in [5, 5.41) is 5.40. The molecule has 6 heteroatoms. The van der Waals surface area contributed by atoms with Crippen molar-refractivity contribution in [1.29, 1.82) is 0 Å². The van der Waals surface area contributed by atoms with Gasteiger partial charge < -0.3 is 24.8 Å². The highest BCUT2D eigenvalue weighted by Crippen LogP contribution is 2.30. The number of carbonyl (C=O) groups excluding carboxylic acids is 1. The van der Waals surface area contributed by atoms with E-state index in [9.17, 15) is 4.79 Å². The first-order valence-electron chi connectivity index (χ1n) is 6.64. The highest BCUT2D eigenvalue weighted by Gasteiger charge is 2.08. The van der Waals surface area contributed by atoms with Gasteiger partial charge in [0, 0.05) is 25.4 Å². The summed E-state index contributed by atoms with van der Waals surface area (Å²) in [5.41, 5.74) is 0.645. The third kappa shape index (κ3) is 5.36. The van der Waals surface area contributed by atoms with Crippen molar-refractivity contribution >= 4 is 11.7 Å². The predicted octanol–water partition coefficient (Wildman–Crippen LogP) is 2.25. The van der Waals surface area contributed by atoms with Gasteiger partial charge in [-0.1, -0.05) is 0 Å². The second kappa shape index (κ2) is 9.03. The van der Waals surface area contributed by atoms with E-state index in [1.54, 1.807) is 25.3 Å². The van der Waals surface area contributed by atoms with E-state index in [1.165, 1.54) is 0 Å². The molecule has 0 aromatic heterocycles. The lowest BCUT2D eigenvalue weighted by Crippen LogP contribution is -2.31. The summed E-state index contributed by atoms with van der Waals surface area (Å²) in [7, 11) is 1.58. The number of ether oxygens (including phenoxy) is 3. The van der Waals surface area contributed by atoms with Crippen molar-refractivity contribution in [3.8, 4) is 11.5 Å². The molecule has 0 saturated heterocycles. The largest absolute Gasteiger partial charge is 0.490 e. The van der Waals surface area contributed by atoms with E-state index < -0.39 is 0 Å². The van der Waals surface area contributed by atoms with Crippen LogP contribution in [0.15, 0.2) is 18.2 Å². The highest BCUT2D eigenvalue weighted by atomic mass is 16.5. The zero-order valence-electron chi connectivity index (χ0n) is 12.2. The van der Waals surface area contributed by atoms with Crippen molar-refractivity contribution in [3.05, 3.63) is 18.2 Å². The fraction of sp³-hybridized carbons (Fsp3) is 0.500. The summed E-state index contributed by atoms with van der Waals surface area (Å²) in [6, 6.07) is 5.00. The van der Waals surface area contributed by atoms with E-state index in [-0.39, 0.29) is 6.03 Å². The number of urea groups is 1. The van der Waals surface area contributed by atoms with Crippen LogP contribution >= 0.6 is 0 Å². The molecule has 0 saturated carbocycles. The minimum Gasteiger partial charge on any atom is -0.490 e. The molecule has 1 aromatic rings.